The van der Waals surface area contributed by atoms with Crippen molar-refractivity contribution < 1.29 is 19.0 Å². The molecule has 3 aromatic rings. The first-order chi connectivity index (χ1) is 14.2. The van der Waals surface area contributed by atoms with E-state index in [9.17, 15) is 4.79 Å². The molecule has 9 nitrogen and oxygen atoms in total. The molecule has 0 radical (unpaired) electrons. The molecule has 1 heterocycles. The smallest absolute Gasteiger partial charge is 0.337 e. The molecular weight excluding hydrogens is 374 g/mol. The van der Waals surface area contributed by atoms with E-state index in [-0.39, 0.29) is 5.97 Å². The summed E-state index contributed by atoms with van der Waals surface area (Å²) in [6.45, 7) is 0.938. The fourth-order valence-electron chi connectivity index (χ4n) is 2.40. The van der Waals surface area contributed by atoms with Crippen molar-refractivity contribution in [1.29, 1.82) is 0 Å². The average molecular weight is 395 g/mol. The number of aromatic nitrogens is 3. The lowest BCUT2D eigenvalue weighted by Crippen LogP contribution is -2.14. The summed E-state index contributed by atoms with van der Waals surface area (Å²) < 4.78 is 15.4. The molecule has 2 N–H and O–H groups in total. The molecule has 0 saturated carbocycles. The van der Waals surface area contributed by atoms with E-state index in [2.05, 4.69) is 30.6 Å². The van der Waals surface area contributed by atoms with Gasteiger partial charge in [-0.1, -0.05) is 0 Å². The van der Waals surface area contributed by atoms with E-state index >= 15 is 0 Å². The Morgan fingerprint density at radius 3 is 2.41 bits per heavy atom. The van der Waals surface area contributed by atoms with Gasteiger partial charge in [0.1, 0.15) is 18.1 Å². The Morgan fingerprint density at radius 1 is 1.00 bits per heavy atom. The highest BCUT2D eigenvalue weighted by molar-refractivity contribution is 5.89. The Hall–Kier alpha value is -3.88. The van der Waals surface area contributed by atoms with Crippen LogP contribution in [-0.2, 0) is 4.74 Å². The lowest BCUT2D eigenvalue weighted by atomic mass is 10.2. The minimum atomic E-state index is -0.386. The molecule has 150 valence electrons. The highest BCUT2D eigenvalue weighted by atomic mass is 16.5. The number of methoxy groups -OCH3 is 2. The molecule has 0 bridgehead atoms. The van der Waals surface area contributed by atoms with Gasteiger partial charge in [0, 0.05) is 5.69 Å². The summed E-state index contributed by atoms with van der Waals surface area (Å²) >= 11 is 0. The van der Waals surface area contributed by atoms with Gasteiger partial charge in [-0.15, -0.1) is 5.10 Å². The molecule has 2 aromatic carbocycles. The van der Waals surface area contributed by atoms with Crippen molar-refractivity contribution in [3.8, 4) is 11.5 Å². The normalized spacial score (nSPS) is 10.1. The van der Waals surface area contributed by atoms with Gasteiger partial charge in [0.2, 0.25) is 5.95 Å². The number of hydrogen-bond donors (Lipinski definition) is 2. The van der Waals surface area contributed by atoms with Crippen LogP contribution in [0.3, 0.4) is 0 Å². The maximum atomic E-state index is 11.5. The largest absolute Gasteiger partial charge is 0.497 e. The fourth-order valence-corrected chi connectivity index (χ4v) is 2.40. The zero-order chi connectivity index (χ0) is 20.5. The highest BCUT2D eigenvalue weighted by Crippen LogP contribution is 2.17. The molecule has 0 spiro atoms. The van der Waals surface area contributed by atoms with Gasteiger partial charge in [0.15, 0.2) is 5.82 Å². The highest BCUT2D eigenvalue weighted by Gasteiger charge is 2.05. The van der Waals surface area contributed by atoms with Crippen LogP contribution in [0.2, 0.25) is 0 Å². The van der Waals surface area contributed by atoms with Crippen molar-refractivity contribution in [2.24, 2.45) is 0 Å². The van der Waals surface area contributed by atoms with Crippen LogP contribution in [0, 0.1) is 0 Å². The molecule has 0 atom stereocenters. The van der Waals surface area contributed by atoms with E-state index in [1.165, 1.54) is 13.3 Å². The second kappa shape index (κ2) is 9.88. The summed E-state index contributed by atoms with van der Waals surface area (Å²) in [5.41, 5.74) is 1.23. The van der Waals surface area contributed by atoms with Gasteiger partial charge in [-0.05, 0) is 48.5 Å². The number of nitrogens with one attached hydrogen (secondary N) is 2. The summed E-state index contributed by atoms with van der Waals surface area (Å²) in [7, 11) is 2.96. The van der Waals surface area contributed by atoms with Crippen molar-refractivity contribution >= 4 is 23.4 Å². The predicted molar refractivity (Wildman–Crippen MR) is 108 cm³/mol. The third kappa shape index (κ3) is 5.80. The Bertz CT molecular complexity index is 932. The van der Waals surface area contributed by atoms with Crippen molar-refractivity contribution in [1.82, 2.24) is 15.2 Å². The number of anilines is 3. The molecular formula is C20H21N5O4. The van der Waals surface area contributed by atoms with E-state index in [0.717, 1.165) is 17.2 Å². The Balaban J connectivity index is 1.49. The third-order valence-electron chi connectivity index (χ3n) is 3.85. The summed E-state index contributed by atoms with van der Waals surface area (Å²) in [5, 5.41) is 14.0. The van der Waals surface area contributed by atoms with Gasteiger partial charge in [0.25, 0.3) is 0 Å². The number of nitrogens with zero attached hydrogens (tertiary/aromatic N) is 3. The summed E-state index contributed by atoms with van der Waals surface area (Å²) in [6, 6.07) is 14.2. The maximum absolute atomic E-state index is 11.5. The average Bonchev–Trinajstić information content (AvgIpc) is 2.77. The molecule has 0 saturated heterocycles. The van der Waals surface area contributed by atoms with Gasteiger partial charge in [-0.25, -0.2) is 4.79 Å². The standard InChI is InChI=1S/C20H21N5O4/c1-27-16-7-9-17(10-8-16)29-12-11-21-20-24-18(13-22-25-20)23-15-5-3-14(4-6-15)19(26)28-2/h3-10,13H,11-12H2,1-2H3,(H2,21,23,24,25). The van der Waals surface area contributed by atoms with E-state index in [1.807, 2.05) is 24.3 Å². The number of carbonyl (C=O) groups is 1. The Labute approximate surface area is 168 Å². The first-order valence-corrected chi connectivity index (χ1v) is 8.84. The number of benzene rings is 2. The monoisotopic (exact) mass is 395 g/mol. The molecule has 0 unspecified atom stereocenters. The van der Waals surface area contributed by atoms with Crippen molar-refractivity contribution in [3.05, 3.63) is 60.3 Å². The topological polar surface area (TPSA) is 107 Å². The number of hydrogen-bond acceptors (Lipinski definition) is 9. The summed E-state index contributed by atoms with van der Waals surface area (Å²) in [6.07, 6.45) is 1.51. The van der Waals surface area contributed by atoms with Crippen molar-refractivity contribution in [3.63, 3.8) is 0 Å². The molecule has 1 aromatic heterocycles. The zero-order valence-corrected chi connectivity index (χ0v) is 16.1. The van der Waals surface area contributed by atoms with Crippen molar-refractivity contribution in [2.45, 2.75) is 0 Å². The van der Waals surface area contributed by atoms with E-state index in [4.69, 9.17) is 9.47 Å². The first-order valence-electron chi connectivity index (χ1n) is 8.84. The van der Waals surface area contributed by atoms with Gasteiger partial charge in [-0.2, -0.15) is 10.1 Å². The minimum absolute atomic E-state index is 0.375. The zero-order valence-electron chi connectivity index (χ0n) is 16.1. The Kier molecular flexibility index (Phi) is 6.77. The van der Waals surface area contributed by atoms with Gasteiger partial charge in [-0.3, -0.25) is 0 Å². The van der Waals surface area contributed by atoms with Gasteiger partial charge in [0.05, 0.1) is 32.5 Å². The molecule has 0 fully saturated rings. The minimum Gasteiger partial charge on any atom is -0.497 e. The Morgan fingerprint density at radius 2 is 1.72 bits per heavy atom. The predicted octanol–water partition coefficient (Wildman–Crippen LogP) is 2.90. The van der Waals surface area contributed by atoms with Crippen LogP contribution in [0.15, 0.2) is 54.7 Å². The third-order valence-corrected chi connectivity index (χ3v) is 3.85. The lowest BCUT2D eigenvalue weighted by molar-refractivity contribution is 0.0601. The second-order valence-electron chi connectivity index (χ2n) is 5.81. The fraction of sp³-hybridized carbons (Fsp3) is 0.200. The molecule has 3 rings (SSSR count). The molecule has 9 heteroatoms. The summed E-state index contributed by atoms with van der Waals surface area (Å²) in [4.78, 5) is 15.8. The van der Waals surface area contributed by atoms with Gasteiger partial charge >= 0.3 is 5.97 Å². The quantitative estimate of drug-likeness (QED) is 0.418. The second-order valence-corrected chi connectivity index (χ2v) is 5.81. The van der Waals surface area contributed by atoms with E-state index < -0.39 is 0 Å². The van der Waals surface area contributed by atoms with Crippen LogP contribution >= 0.6 is 0 Å². The van der Waals surface area contributed by atoms with Crippen LogP contribution in [-0.4, -0.2) is 48.5 Å². The van der Waals surface area contributed by atoms with Crippen LogP contribution in [0.1, 0.15) is 10.4 Å². The molecule has 29 heavy (non-hydrogen) atoms. The number of rotatable bonds is 9. The molecule has 0 aliphatic heterocycles. The van der Waals surface area contributed by atoms with Crippen LogP contribution < -0.4 is 20.1 Å². The number of esters is 1. The molecule has 0 aliphatic carbocycles. The summed E-state index contributed by atoms with van der Waals surface area (Å²) in [5.74, 6) is 2.03. The van der Waals surface area contributed by atoms with E-state index in [0.29, 0.717) is 30.5 Å². The maximum Gasteiger partial charge on any atom is 0.337 e. The lowest BCUT2D eigenvalue weighted by Gasteiger charge is -2.09. The van der Waals surface area contributed by atoms with Crippen LogP contribution in [0.25, 0.3) is 0 Å². The van der Waals surface area contributed by atoms with E-state index in [1.54, 1.807) is 31.4 Å². The first kappa shape index (κ1) is 19.9. The number of ether oxygens (including phenoxy) is 3. The molecule has 0 aliphatic rings. The van der Waals surface area contributed by atoms with Gasteiger partial charge < -0.3 is 24.8 Å². The van der Waals surface area contributed by atoms with Crippen LogP contribution in [0.5, 0.6) is 11.5 Å². The SMILES string of the molecule is COC(=O)c1ccc(Nc2cnnc(NCCOc3ccc(OC)cc3)n2)cc1. The van der Waals surface area contributed by atoms with Crippen LogP contribution in [0.4, 0.5) is 17.5 Å². The molecule has 0 amide bonds. The number of carbonyl (C=O) groups excluding carboxylic acids is 1. The van der Waals surface area contributed by atoms with Crippen molar-refractivity contribution in [2.75, 3.05) is 38.0 Å².